The Morgan fingerprint density at radius 1 is 1.24 bits per heavy atom. The Kier molecular flexibility index (Phi) is 4.85. The number of nitrogens with one attached hydrogen (secondary N) is 2. The van der Waals surface area contributed by atoms with E-state index in [0.29, 0.717) is 29.0 Å². The number of imidazole rings is 1. The van der Waals surface area contributed by atoms with Gasteiger partial charge >= 0.3 is 0 Å². The molecular formula is C18H18FN3O2S. The number of hydrogen-bond donors (Lipinski definition) is 2. The molecule has 0 saturated carbocycles. The summed E-state index contributed by atoms with van der Waals surface area (Å²) < 4.78 is 19.6. The van der Waals surface area contributed by atoms with Crippen LogP contribution in [0.1, 0.15) is 22.8 Å². The standard InChI is InChI=1S/C18H18FN3O2S/c1-3-24-13-6-4-11(5-7-13)10-22(2)17(23)14-8-12(19)9-15-16(14)21-18(25)20-15/h4-9H,3,10H2,1-2H3,(H2,20,21,25). The monoisotopic (exact) mass is 359 g/mol. The SMILES string of the molecule is CCOc1ccc(CN(C)C(=O)c2cc(F)cc3[nH]c(=S)[nH]c23)cc1. The number of ether oxygens (including phenoxy) is 1. The zero-order chi connectivity index (χ0) is 18.0. The molecule has 1 amide bonds. The molecule has 0 spiro atoms. The van der Waals surface area contributed by atoms with Gasteiger partial charge in [0, 0.05) is 13.6 Å². The van der Waals surface area contributed by atoms with Crippen molar-refractivity contribution in [1.82, 2.24) is 14.9 Å². The van der Waals surface area contributed by atoms with Crippen LogP contribution in [-0.4, -0.2) is 34.4 Å². The number of H-pyrrole nitrogens is 2. The van der Waals surface area contributed by atoms with Gasteiger partial charge < -0.3 is 19.6 Å². The van der Waals surface area contributed by atoms with Gasteiger partial charge in [0.1, 0.15) is 11.6 Å². The fraction of sp³-hybridized carbons (Fsp3) is 0.222. The van der Waals surface area contributed by atoms with Gasteiger partial charge in [-0.1, -0.05) is 12.1 Å². The van der Waals surface area contributed by atoms with Crippen molar-refractivity contribution >= 4 is 29.2 Å². The van der Waals surface area contributed by atoms with Crippen molar-refractivity contribution in [3.8, 4) is 5.75 Å². The molecule has 3 rings (SSSR count). The number of aromatic amines is 2. The third-order valence-corrected chi connectivity index (χ3v) is 4.03. The lowest BCUT2D eigenvalue weighted by Crippen LogP contribution is -2.26. The molecule has 1 heterocycles. The fourth-order valence-electron chi connectivity index (χ4n) is 2.68. The van der Waals surface area contributed by atoms with Crippen LogP contribution in [0.5, 0.6) is 5.75 Å². The average Bonchev–Trinajstić information content (AvgIpc) is 2.95. The largest absolute Gasteiger partial charge is 0.494 e. The number of fused-ring (bicyclic) bond motifs is 1. The highest BCUT2D eigenvalue weighted by atomic mass is 32.1. The number of aromatic nitrogens is 2. The van der Waals surface area contributed by atoms with Gasteiger partial charge in [-0.25, -0.2) is 4.39 Å². The van der Waals surface area contributed by atoms with Gasteiger partial charge in [0.25, 0.3) is 5.91 Å². The second-order valence-corrected chi connectivity index (χ2v) is 6.10. The van der Waals surface area contributed by atoms with Crippen LogP contribution >= 0.6 is 12.2 Å². The van der Waals surface area contributed by atoms with E-state index >= 15 is 0 Å². The Morgan fingerprint density at radius 2 is 1.96 bits per heavy atom. The molecule has 130 valence electrons. The van der Waals surface area contributed by atoms with Crippen molar-refractivity contribution in [2.45, 2.75) is 13.5 Å². The first-order chi connectivity index (χ1) is 12.0. The minimum absolute atomic E-state index is 0.246. The van der Waals surface area contributed by atoms with Crippen molar-refractivity contribution in [3.05, 3.63) is 58.1 Å². The van der Waals surface area contributed by atoms with E-state index in [2.05, 4.69) is 9.97 Å². The maximum Gasteiger partial charge on any atom is 0.256 e. The first-order valence-corrected chi connectivity index (χ1v) is 8.27. The van der Waals surface area contributed by atoms with Gasteiger partial charge in [0.2, 0.25) is 0 Å². The molecule has 0 aliphatic heterocycles. The highest BCUT2D eigenvalue weighted by Crippen LogP contribution is 2.20. The normalized spacial score (nSPS) is 10.8. The summed E-state index contributed by atoms with van der Waals surface area (Å²) in [4.78, 5) is 20.0. The second-order valence-electron chi connectivity index (χ2n) is 5.69. The molecule has 2 aromatic carbocycles. The molecule has 0 fully saturated rings. The van der Waals surface area contributed by atoms with E-state index in [-0.39, 0.29) is 11.5 Å². The van der Waals surface area contributed by atoms with E-state index in [9.17, 15) is 9.18 Å². The van der Waals surface area contributed by atoms with Crippen LogP contribution in [0.25, 0.3) is 11.0 Å². The molecule has 7 heteroatoms. The Morgan fingerprint density at radius 3 is 2.64 bits per heavy atom. The highest BCUT2D eigenvalue weighted by Gasteiger charge is 2.18. The Labute approximate surface area is 149 Å². The third-order valence-electron chi connectivity index (χ3n) is 3.82. The Bertz CT molecular complexity index is 963. The first kappa shape index (κ1) is 17.2. The van der Waals surface area contributed by atoms with E-state index in [4.69, 9.17) is 17.0 Å². The molecule has 0 atom stereocenters. The Hall–Kier alpha value is -2.67. The lowest BCUT2D eigenvalue weighted by atomic mass is 10.1. The number of hydrogen-bond acceptors (Lipinski definition) is 3. The molecule has 2 N–H and O–H groups in total. The third kappa shape index (κ3) is 3.71. The van der Waals surface area contributed by atoms with Crippen LogP contribution in [0.15, 0.2) is 36.4 Å². The smallest absolute Gasteiger partial charge is 0.256 e. The van der Waals surface area contributed by atoms with E-state index in [0.717, 1.165) is 11.3 Å². The number of nitrogens with zero attached hydrogens (tertiary/aromatic N) is 1. The van der Waals surface area contributed by atoms with Crippen LogP contribution in [-0.2, 0) is 6.54 Å². The predicted molar refractivity (Wildman–Crippen MR) is 96.8 cm³/mol. The number of amides is 1. The van der Waals surface area contributed by atoms with Crippen LogP contribution in [0, 0.1) is 10.6 Å². The lowest BCUT2D eigenvalue weighted by Gasteiger charge is -2.18. The molecule has 0 bridgehead atoms. The summed E-state index contributed by atoms with van der Waals surface area (Å²) in [6.45, 7) is 2.92. The maximum absolute atomic E-state index is 13.8. The van der Waals surface area contributed by atoms with Crippen LogP contribution < -0.4 is 4.74 Å². The molecule has 0 radical (unpaired) electrons. The van der Waals surface area contributed by atoms with E-state index in [1.807, 2.05) is 31.2 Å². The average molecular weight is 359 g/mol. The van der Waals surface area contributed by atoms with Gasteiger partial charge in [-0.3, -0.25) is 4.79 Å². The summed E-state index contributed by atoms with van der Waals surface area (Å²) in [5, 5.41) is 0. The minimum atomic E-state index is -0.490. The molecule has 5 nitrogen and oxygen atoms in total. The first-order valence-electron chi connectivity index (χ1n) is 7.86. The minimum Gasteiger partial charge on any atom is -0.494 e. The highest BCUT2D eigenvalue weighted by molar-refractivity contribution is 7.71. The Balaban J connectivity index is 1.84. The van der Waals surface area contributed by atoms with Gasteiger partial charge in [-0.05, 0) is 49.0 Å². The van der Waals surface area contributed by atoms with Crippen molar-refractivity contribution in [2.24, 2.45) is 0 Å². The summed E-state index contributed by atoms with van der Waals surface area (Å²) in [5.74, 6) is 0.00571. The van der Waals surface area contributed by atoms with Gasteiger partial charge in [0.15, 0.2) is 4.77 Å². The van der Waals surface area contributed by atoms with Crippen LogP contribution in [0.4, 0.5) is 4.39 Å². The molecule has 1 aromatic heterocycles. The number of carbonyl (C=O) groups excluding carboxylic acids is 1. The summed E-state index contributed by atoms with van der Waals surface area (Å²) in [5.41, 5.74) is 2.18. The van der Waals surface area contributed by atoms with Crippen LogP contribution in [0.2, 0.25) is 0 Å². The van der Waals surface area contributed by atoms with Crippen molar-refractivity contribution in [1.29, 1.82) is 0 Å². The summed E-state index contributed by atoms with van der Waals surface area (Å²) >= 11 is 5.04. The number of carbonyl (C=O) groups is 1. The van der Waals surface area contributed by atoms with Crippen molar-refractivity contribution in [3.63, 3.8) is 0 Å². The predicted octanol–water partition coefficient (Wildman–Crippen LogP) is 4.04. The van der Waals surface area contributed by atoms with Crippen molar-refractivity contribution in [2.75, 3.05) is 13.7 Å². The van der Waals surface area contributed by atoms with E-state index in [1.54, 1.807) is 7.05 Å². The molecule has 0 aliphatic rings. The van der Waals surface area contributed by atoms with E-state index in [1.165, 1.54) is 17.0 Å². The van der Waals surface area contributed by atoms with Gasteiger partial charge in [0.05, 0.1) is 23.2 Å². The van der Waals surface area contributed by atoms with E-state index < -0.39 is 5.82 Å². The molecular weight excluding hydrogens is 341 g/mol. The van der Waals surface area contributed by atoms with Gasteiger partial charge in [-0.15, -0.1) is 0 Å². The fourth-order valence-corrected chi connectivity index (χ4v) is 2.90. The molecule has 0 unspecified atom stereocenters. The second kappa shape index (κ2) is 7.06. The summed E-state index contributed by atoms with van der Waals surface area (Å²) in [7, 11) is 1.68. The summed E-state index contributed by atoms with van der Waals surface area (Å²) in [6, 6.07) is 10.1. The molecule has 0 saturated heterocycles. The number of rotatable bonds is 5. The summed E-state index contributed by atoms with van der Waals surface area (Å²) in [6.07, 6.45) is 0. The quantitative estimate of drug-likeness (QED) is 0.676. The molecule has 25 heavy (non-hydrogen) atoms. The van der Waals surface area contributed by atoms with Gasteiger partial charge in [-0.2, -0.15) is 0 Å². The molecule has 0 aliphatic carbocycles. The molecule has 3 aromatic rings. The number of halogens is 1. The maximum atomic E-state index is 13.8. The number of benzene rings is 2. The van der Waals surface area contributed by atoms with Crippen molar-refractivity contribution < 1.29 is 13.9 Å². The zero-order valence-electron chi connectivity index (χ0n) is 13.9. The topological polar surface area (TPSA) is 61.1 Å². The zero-order valence-corrected chi connectivity index (χ0v) is 14.7. The lowest BCUT2D eigenvalue weighted by molar-refractivity contribution is 0.0786. The van der Waals surface area contributed by atoms with Crippen LogP contribution in [0.3, 0.4) is 0 Å².